The zero-order chi connectivity index (χ0) is 84.3. The number of unbranched alkanes of at least 4 members (excludes halogenated alkanes) is 41. The topological polar surface area (TPSA) is 56.5 Å². The van der Waals surface area contributed by atoms with Gasteiger partial charge in [-0.3, -0.25) is 0 Å². The van der Waals surface area contributed by atoms with Gasteiger partial charge < -0.3 is 0 Å². The van der Waals surface area contributed by atoms with Crippen LogP contribution in [-0.4, -0.2) is 23.7 Å². The highest BCUT2D eigenvalue weighted by Gasteiger charge is 2.30. The monoisotopic (exact) mass is 1710 g/mol. The van der Waals surface area contributed by atoms with Gasteiger partial charge in [0, 0.05) is 50.1 Å². The van der Waals surface area contributed by atoms with E-state index in [1.165, 1.54) is 429 Å². The smallest absolute Gasteiger partial charge is 0.170 e. The van der Waals surface area contributed by atoms with E-state index in [1.54, 1.807) is 38.6 Å². The second-order valence-corrected chi connectivity index (χ2v) is 42.4. The number of rotatable bonds is 69. The van der Waals surface area contributed by atoms with Crippen LogP contribution in [0, 0.1) is 63.0 Å². The molecule has 0 N–H and O–H groups in total. The van der Waals surface area contributed by atoms with Gasteiger partial charge in [-0.1, -0.05) is 428 Å². The second kappa shape index (κ2) is 60.8. The van der Waals surface area contributed by atoms with Gasteiger partial charge in [-0.25, -0.2) is 8.78 Å². The molecule has 0 aliphatic carbocycles. The van der Waals surface area contributed by atoms with Crippen LogP contribution in [0.5, 0.6) is 0 Å². The summed E-state index contributed by atoms with van der Waals surface area (Å²) in [5.74, 6) is 1.19. The number of fused-ring (bicyclic) bond motifs is 2. The molecule has 0 aliphatic heterocycles. The summed E-state index contributed by atoms with van der Waals surface area (Å²) in [6, 6.07) is 14.1. The third-order valence-electron chi connectivity index (χ3n) is 26.1. The van der Waals surface area contributed by atoms with Crippen LogP contribution in [0.15, 0.2) is 36.4 Å². The summed E-state index contributed by atoms with van der Waals surface area (Å²) in [4.78, 5) is 11.3. The van der Waals surface area contributed by atoms with Crippen LogP contribution in [0.25, 0.3) is 63.8 Å². The average Bonchev–Trinajstić information content (AvgIpc) is 1.57. The summed E-state index contributed by atoms with van der Waals surface area (Å²) in [5.41, 5.74) is 12.0. The molecule has 0 aliphatic rings. The van der Waals surface area contributed by atoms with Crippen LogP contribution in [0.1, 0.15) is 464 Å². The molecule has 0 fully saturated rings. The summed E-state index contributed by atoms with van der Waals surface area (Å²) in [7, 11) is 0. The molecule has 0 amide bonds. The Morgan fingerprint density at radius 1 is 0.288 bits per heavy atom. The molecular formula is C106H171F2N5S5. The summed E-state index contributed by atoms with van der Waals surface area (Å²) in [5, 5.41) is 9.72. The van der Waals surface area contributed by atoms with Gasteiger partial charge in [0.1, 0.15) is 22.1 Å². The highest BCUT2D eigenvalue weighted by Crippen LogP contribution is 2.47. The number of nitrogens with zero attached hydrogens (tertiary/aromatic N) is 5. The van der Waals surface area contributed by atoms with E-state index in [2.05, 4.69) is 126 Å². The first-order valence-electron chi connectivity index (χ1n) is 50.1. The van der Waals surface area contributed by atoms with E-state index in [9.17, 15) is 0 Å². The highest BCUT2D eigenvalue weighted by molar-refractivity contribution is 7.17. The van der Waals surface area contributed by atoms with E-state index in [4.69, 9.17) is 18.9 Å². The number of aromatic nitrogens is 5. The molecule has 0 saturated heterocycles. The predicted molar refractivity (Wildman–Crippen MR) is 525 cm³/mol. The first-order chi connectivity index (χ1) is 57.7. The highest BCUT2D eigenvalue weighted by atomic mass is 32.1. The quantitative estimate of drug-likeness (QED) is 0.0357. The van der Waals surface area contributed by atoms with Gasteiger partial charge in [-0.15, -0.1) is 45.3 Å². The second-order valence-electron chi connectivity index (χ2n) is 36.8. The van der Waals surface area contributed by atoms with Crippen molar-refractivity contribution in [1.82, 2.24) is 23.7 Å². The zero-order valence-corrected chi connectivity index (χ0v) is 82.0. The van der Waals surface area contributed by atoms with Gasteiger partial charge in [-0.2, -0.15) is 23.7 Å². The molecule has 118 heavy (non-hydrogen) atoms. The van der Waals surface area contributed by atoms with Crippen LogP contribution in [0.4, 0.5) is 8.78 Å². The minimum absolute atomic E-state index is 0.273. The zero-order valence-electron chi connectivity index (χ0n) is 77.9. The largest absolute Gasteiger partial charge is 0.203 e. The number of hydrogen-bond acceptors (Lipinski definition) is 9. The van der Waals surface area contributed by atoms with Gasteiger partial charge in [0.15, 0.2) is 11.6 Å². The number of aryl methyl sites for hydroxylation is 5. The molecule has 664 valence electrons. The average molecular weight is 1710 g/mol. The van der Waals surface area contributed by atoms with Gasteiger partial charge in [0.2, 0.25) is 0 Å². The molecule has 8 rings (SSSR count). The number of hydrogen-bond donors (Lipinski definition) is 0. The number of thiophene rings is 4. The summed E-state index contributed by atoms with van der Waals surface area (Å²) in [6.45, 7) is 30.2. The lowest BCUT2D eigenvalue weighted by molar-refractivity contribution is 0.400. The molecule has 5 nitrogen and oxygen atoms in total. The molecule has 4 atom stereocenters. The minimum atomic E-state index is -0.794. The standard InChI is InChI=1S/C56H92N2S3.C50H79F2N3S2/c1-7-11-15-19-23-25-29-33-37-47(35-31-27-21-17-13-9-3)41-49-43-53(59-45(49)5)51-39-40-52(56-55(51)57-61-58-56)54-44-50(46(6)60-54)42-48(36-32-28-22-18-14-10-4)38-34-30-26-24-20-16-12-8-2;1-8-12-15-18-21-22-25-28-31-40(30-27-24-20-17-14-10-3)34-42-36-44(57-39(42)7)46-48(52)47(51)45(49-50(46)54-55(53-49)32-11-4)43-35-41(38(6)56-43)33-37(5)29-26-23-19-16-13-9-2/h39-40,43-44,47-48H,7-38,41-42H2,1-6H3;35-37,40H,8-34H2,1-7H3. The van der Waals surface area contributed by atoms with Crippen molar-refractivity contribution in [1.29, 1.82) is 0 Å². The predicted octanol–water partition coefficient (Wildman–Crippen LogP) is 38.2. The van der Waals surface area contributed by atoms with Crippen LogP contribution in [-0.2, 0) is 32.2 Å². The molecule has 12 heteroatoms. The Labute approximate surface area is 743 Å². The minimum Gasteiger partial charge on any atom is -0.203 e. The SMILES string of the molecule is CCCCCCCCCCC(CCCCCCCC)Cc1cc(-c2c(F)c(F)c(-c3cc(CC(C)CCCCCCCC)c(C)s3)c3nn(CCC)nc23)sc1C.CCCCCCCCCCC(CCCCCCCC)Cc1cc(-c2ccc(-c3cc(CC(CCCCCCCC)CCCCCCCCCC)c(C)s3)c3nsnc23)sc1C. The fourth-order valence-electron chi connectivity index (χ4n) is 18.6. The lowest BCUT2D eigenvalue weighted by Gasteiger charge is -2.17. The van der Waals surface area contributed by atoms with E-state index in [-0.39, 0.29) is 11.1 Å². The first kappa shape index (κ1) is 101. The van der Waals surface area contributed by atoms with E-state index >= 15 is 8.78 Å². The van der Waals surface area contributed by atoms with E-state index in [0.717, 1.165) is 51.9 Å². The molecule has 0 saturated carbocycles. The normalized spacial score (nSPS) is 12.9. The molecule has 2 aromatic carbocycles. The fourth-order valence-corrected chi connectivity index (χ4v) is 23.5. The van der Waals surface area contributed by atoms with Crippen molar-refractivity contribution >= 4 is 79.1 Å². The third kappa shape index (κ3) is 36.1. The summed E-state index contributed by atoms with van der Waals surface area (Å²) in [6.07, 6.45) is 80.3. The molecule has 0 bridgehead atoms. The van der Waals surface area contributed by atoms with Gasteiger partial charge >= 0.3 is 0 Å². The van der Waals surface area contributed by atoms with Crippen molar-refractivity contribution < 1.29 is 8.78 Å². The summed E-state index contributed by atoms with van der Waals surface area (Å²) >= 11 is 8.52. The summed E-state index contributed by atoms with van der Waals surface area (Å²) < 4.78 is 43.4. The molecule has 8 aromatic rings. The third-order valence-corrected chi connectivity index (χ3v) is 31.1. The van der Waals surface area contributed by atoms with Crippen molar-refractivity contribution in [3.8, 4) is 41.8 Å². The Balaban J connectivity index is 0.000000326. The van der Waals surface area contributed by atoms with Gasteiger partial charge in [-0.05, 0) is 130 Å². The maximum atomic E-state index is 16.7. The van der Waals surface area contributed by atoms with E-state index in [0.29, 0.717) is 29.4 Å². The van der Waals surface area contributed by atoms with Crippen molar-refractivity contribution in [2.75, 3.05) is 0 Å². The van der Waals surface area contributed by atoms with E-state index < -0.39 is 11.6 Å². The van der Waals surface area contributed by atoms with E-state index in [1.807, 2.05) is 22.7 Å². The van der Waals surface area contributed by atoms with Crippen LogP contribution in [0.2, 0.25) is 0 Å². The molecule has 4 unspecified atom stereocenters. The maximum absolute atomic E-state index is 16.7. The number of halogens is 2. The van der Waals surface area contributed by atoms with Gasteiger partial charge in [0.05, 0.1) is 29.4 Å². The molecule has 6 heterocycles. The van der Waals surface area contributed by atoms with Gasteiger partial charge in [0.25, 0.3) is 0 Å². The van der Waals surface area contributed by atoms with Crippen molar-refractivity contribution in [2.24, 2.45) is 23.7 Å². The maximum Gasteiger partial charge on any atom is 0.170 e. The molecule has 0 radical (unpaired) electrons. The molecule has 0 spiro atoms. The Bertz CT molecular complexity index is 3770. The Morgan fingerprint density at radius 2 is 0.525 bits per heavy atom. The van der Waals surface area contributed by atoms with Crippen LogP contribution < -0.4 is 0 Å². The van der Waals surface area contributed by atoms with Crippen molar-refractivity contribution in [3.05, 3.63) is 89.8 Å². The Hall–Kier alpha value is -3.68. The lowest BCUT2D eigenvalue weighted by Crippen LogP contribution is -2.05. The molecular weight excluding hydrogens is 1540 g/mol. The first-order valence-corrected chi connectivity index (χ1v) is 54.1. The number of benzene rings is 2. The fraction of sp³-hybridized carbons (Fsp3) is 0.736. The molecule has 6 aromatic heterocycles. The Morgan fingerprint density at radius 3 is 0.797 bits per heavy atom. The van der Waals surface area contributed by atoms with Crippen LogP contribution >= 0.6 is 57.1 Å². The van der Waals surface area contributed by atoms with Crippen molar-refractivity contribution in [3.63, 3.8) is 0 Å². The van der Waals surface area contributed by atoms with Crippen LogP contribution in [0.3, 0.4) is 0 Å². The van der Waals surface area contributed by atoms with Crippen molar-refractivity contribution in [2.45, 2.75) is 482 Å². The lowest BCUT2D eigenvalue weighted by atomic mass is 9.88. The Kier molecular flexibility index (Phi) is 52.3.